The lowest BCUT2D eigenvalue weighted by molar-refractivity contribution is -0.138. The minimum atomic E-state index is -1.25. The molecule has 1 unspecified atom stereocenters. The van der Waals surface area contributed by atoms with Gasteiger partial charge in [0.15, 0.2) is 0 Å². The molecule has 0 radical (unpaired) electrons. The monoisotopic (exact) mass is 307 g/mol. The molecule has 0 aromatic rings. The Kier molecular flexibility index (Phi) is 8.04. The van der Waals surface area contributed by atoms with Crippen molar-refractivity contribution in [2.45, 2.75) is 81.7 Å². The largest absolute Gasteiger partial charge is 0.390 e. The number of hydrogen-bond donors (Lipinski definition) is 6. The fourth-order valence-corrected chi connectivity index (χ4v) is 2.53. The highest BCUT2D eigenvalue weighted by Gasteiger charge is 2.34. The third-order valence-electron chi connectivity index (χ3n) is 4.12. The zero-order valence-electron chi connectivity index (χ0n) is 12.5. The van der Waals surface area contributed by atoms with Gasteiger partial charge in [-0.25, -0.2) is 0 Å². The van der Waals surface area contributed by atoms with Crippen LogP contribution in [0.4, 0.5) is 0 Å². The van der Waals surface area contributed by atoms with Gasteiger partial charge >= 0.3 is 0 Å². The summed E-state index contributed by atoms with van der Waals surface area (Å²) < 4.78 is 5.51. The first kappa shape index (κ1) is 18.8. The Morgan fingerprint density at radius 3 is 2.33 bits per heavy atom. The van der Waals surface area contributed by atoms with Crippen LogP contribution in [0.2, 0.25) is 0 Å². The lowest BCUT2D eigenvalue weighted by Gasteiger charge is -2.33. The predicted molar refractivity (Wildman–Crippen MR) is 76.5 cm³/mol. The van der Waals surface area contributed by atoms with Crippen LogP contribution in [-0.4, -0.2) is 74.8 Å². The molecule has 0 spiro atoms. The molecule has 0 aliphatic heterocycles. The minimum Gasteiger partial charge on any atom is -0.390 e. The van der Waals surface area contributed by atoms with E-state index in [0.29, 0.717) is 19.3 Å². The Morgan fingerprint density at radius 2 is 1.71 bits per heavy atom. The highest BCUT2D eigenvalue weighted by molar-refractivity contribution is 4.85. The smallest absolute Gasteiger partial charge is 0.108 e. The van der Waals surface area contributed by atoms with Gasteiger partial charge in [-0.2, -0.15) is 0 Å². The van der Waals surface area contributed by atoms with Crippen molar-refractivity contribution in [3.05, 3.63) is 0 Å². The van der Waals surface area contributed by atoms with Crippen LogP contribution in [0.3, 0.4) is 0 Å². The molecule has 0 amide bonds. The molecule has 1 aliphatic rings. The van der Waals surface area contributed by atoms with Crippen molar-refractivity contribution in [2.24, 2.45) is 5.73 Å². The van der Waals surface area contributed by atoms with Gasteiger partial charge in [0.25, 0.3) is 0 Å². The topological polar surface area (TPSA) is 136 Å². The van der Waals surface area contributed by atoms with Crippen LogP contribution in [0.15, 0.2) is 0 Å². The van der Waals surface area contributed by atoms with Crippen molar-refractivity contribution in [2.75, 3.05) is 6.61 Å². The maximum atomic E-state index is 10.0. The summed E-state index contributed by atoms with van der Waals surface area (Å²) in [6.45, 7) is 1.69. The average Bonchev–Trinajstić information content (AvgIpc) is 2.49. The summed E-state index contributed by atoms with van der Waals surface area (Å²) in [5.41, 5.74) is 5.76. The molecule has 7 nitrogen and oxygen atoms in total. The highest BCUT2D eigenvalue weighted by Crippen LogP contribution is 2.21. The van der Waals surface area contributed by atoms with E-state index in [-0.39, 0.29) is 6.61 Å². The van der Waals surface area contributed by atoms with Gasteiger partial charge in [-0.05, 0) is 19.3 Å². The average molecular weight is 307 g/mol. The van der Waals surface area contributed by atoms with Crippen molar-refractivity contribution >= 4 is 0 Å². The Morgan fingerprint density at radius 1 is 1.10 bits per heavy atom. The Balaban J connectivity index is 2.51. The molecule has 1 rings (SSSR count). The molecule has 126 valence electrons. The second-order valence-electron chi connectivity index (χ2n) is 5.83. The number of aliphatic hydroxyl groups is 5. The second kappa shape index (κ2) is 8.99. The van der Waals surface area contributed by atoms with Crippen molar-refractivity contribution in [3.63, 3.8) is 0 Å². The minimum absolute atomic E-state index is 0.0389. The highest BCUT2D eigenvalue weighted by atomic mass is 16.5. The van der Waals surface area contributed by atoms with Gasteiger partial charge in [0.2, 0.25) is 0 Å². The van der Waals surface area contributed by atoms with E-state index in [1.807, 2.05) is 0 Å². The standard InChI is InChI=1S/C14H29NO6/c1-2-9(16)12(18)8(15)7-21-11-6-4-3-5-10(17)13(19)14(11)20/h8-14,16-20H,2-7,15H2,1H3/t8-,9+,10-,11?,12-,13-,14-/m0/s1. The zero-order chi connectivity index (χ0) is 16.0. The first-order valence-electron chi connectivity index (χ1n) is 7.66. The SMILES string of the molecule is CC[C@@H](O)[C@@H](O)[C@@H](N)COC1CCCC[C@H](O)[C@H](O)[C@H]1O. The quantitative estimate of drug-likeness (QED) is 0.351. The molecule has 1 fully saturated rings. The molecule has 0 aromatic carbocycles. The number of hydrogen-bond acceptors (Lipinski definition) is 7. The van der Waals surface area contributed by atoms with Crippen molar-refractivity contribution < 1.29 is 30.3 Å². The first-order valence-corrected chi connectivity index (χ1v) is 7.66. The van der Waals surface area contributed by atoms with Gasteiger partial charge in [0.1, 0.15) is 12.2 Å². The van der Waals surface area contributed by atoms with E-state index in [4.69, 9.17) is 10.5 Å². The summed E-state index contributed by atoms with van der Waals surface area (Å²) >= 11 is 0. The first-order chi connectivity index (χ1) is 9.88. The summed E-state index contributed by atoms with van der Waals surface area (Å²) in [4.78, 5) is 0. The molecular weight excluding hydrogens is 278 g/mol. The van der Waals surface area contributed by atoms with Crippen LogP contribution in [0, 0.1) is 0 Å². The fourth-order valence-electron chi connectivity index (χ4n) is 2.53. The van der Waals surface area contributed by atoms with Gasteiger partial charge in [0.05, 0.1) is 37.1 Å². The van der Waals surface area contributed by atoms with Gasteiger partial charge in [-0.1, -0.05) is 19.8 Å². The van der Waals surface area contributed by atoms with Crippen LogP contribution in [0.25, 0.3) is 0 Å². The van der Waals surface area contributed by atoms with E-state index in [2.05, 4.69) is 0 Å². The second-order valence-corrected chi connectivity index (χ2v) is 5.83. The van der Waals surface area contributed by atoms with Crippen molar-refractivity contribution in [3.8, 4) is 0 Å². The normalized spacial score (nSPS) is 35.6. The molecule has 21 heavy (non-hydrogen) atoms. The maximum Gasteiger partial charge on any atom is 0.108 e. The molecule has 1 saturated carbocycles. The molecule has 0 heterocycles. The van der Waals surface area contributed by atoms with E-state index in [1.54, 1.807) is 6.92 Å². The number of rotatable bonds is 6. The van der Waals surface area contributed by atoms with E-state index < -0.39 is 42.7 Å². The van der Waals surface area contributed by atoms with Gasteiger partial charge in [-0.15, -0.1) is 0 Å². The molecule has 0 aromatic heterocycles. The number of ether oxygens (including phenoxy) is 1. The van der Waals surface area contributed by atoms with Gasteiger partial charge in [-0.3, -0.25) is 0 Å². The van der Waals surface area contributed by atoms with Gasteiger partial charge in [0, 0.05) is 0 Å². The molecule has 0 bridgehead atoms. The lowest BCUT2D eigenvalue weighted by Crippen LogP contribution is -2.50. The summed E-state index contributed by atoms with van der Waals surface area (Å²) in [5, 5.41) is 48.8. The third-order valence-corrected chi connectivity index (χ3v) is 4.12. The number of nitrogens with two attached hydrogens (primary N) is 1. The van der Waals surface area contributed by atoms with Crippen LogP contribution < -0.4 is 5.73 Å². The molecule has 0 saturated heterocycles. The summed E-state index contributed by atoms with van der Waals surface area (Å²) in [6.07, 6.45) is -3.19. The van der Waals surface area contributed by atoms with Crippen LogP contribution in [0.5, 0.6) is 0 Å². The predicted octanol–water partition coefficient (Wildman–Crippen LogP) is -1.51. The van der Waals surface area contributed by atoms with Crippen LogP contribution >= 0.6 is 0 Å². The third kappa shape index (κ3) is 5.45. The van der Waals surface area contributed by atoms with Crippen molar-refractivity contribution in [1.29, 1.82) is 0 Å². The van der Waals surface area contributed by atoms with Crippen LogP contribution in [-0.2, 0) is 4.74 Å². The Labute approximate surface area is 125 Å². The van der Waals surface area contributed by atoms with Crippen LogP contribution in [0.1, 0.15) is 39.0 Å². The fraction of sp³-hybridized carbons (Fsp3) is 1.00. The van der Waals surface area contributed by atoms with Crippen molar-refractivity contribution in [1.82, 2.24) is 0 Å². The van der Waals surface area contributed by atoms with E-state index in [1.165, 1.54) is 0 Å². The molecular formula is C14H29NO6. The summed E-state index contributed by atoms with van der Waals surface area (Å²) in [5.74, 6) is 0. The zero-order valence-corrected chi connectivity index (χ0v) is 12.5. The molecule has 7 heteroatoms. The molecule has 7 N–H and O–H groups in total. The van der Waals surface area contributed by atoms with E-state index in [9.17, 15) is 25.5 Å². The molecule has 1 aliphatic carbocycles. The summed E-state index contributed by atoms with van der Waals surface area (Å²) in [6, 6.07) is -0.778. The lowest BCUT2D eigenvalue weighted by atomic mass is 9.92. The number of aliphatic hydroxyl groups excluding tert-OH is 5. The molecule has 7 atom stereocenters. The van der Waals surface area contributed by atoms with Gasteiger partial charge < -0.3 is 36.0 Å². The Hall–Kier alpha value is -0.280. The summed E-state index contributed by atoms with van der Waals surface area (Å²) in [7, 11) is 0. The Bertz CT molecular complexity index is 293. The van der Waals surface area contributed by atoms with E-state index >= 15 is 0 Å². The maximum absolute atomic E-state index is 10.0. The van der Waals surface area contributed by atoms with E-state index in [0.717, 1.165) is 12.8 Å².